The van der Waals surface area contributed by atoms with E-state index in [-0.39, 0.29) is 6.61 Å². The molecule has 0 fully saturated rings. The molecule has 0 aliphatic heterocycles. The summed E-state index contributed by atoms with van der Waals surface area (Å²) in [7, 11) is 0. The highest BCUT2D eigenvalue weighted by Gasteiger charge is 1.94. The first-order valence-corrected chi connectivity index (χ1v) is 2.67. The normalized spacial score (nSPS) is 8.50. The predicted octanol–water partition coefficient (Wildman–Crippen LogP) is -0.201. The third-order valence-corrected chi connectivity index (χ3v) is 0.644. The number of hydrogen-bond acceptors (Lipinski definition) is 3. The number of carbonyl (C=O) groups is 1. The van der Waals surface area contributed by atoms with E-state index in [1.54, 1.807) is 0 Å². The topological polar surface area (TPSA) is 101 Å². The lowest BCUT2D eigenvalue weighted by Gasteiger charge is -1.95. The maximum atomic E-state index is 10.3. The fourth-order valence-corrected chi connectivity index (χ4v) is 0.322. The van der Waals surface area contributed by atoms with Gasteiger partial charge in [-0.1, -0.05) is 0 Å². The first-order chi connectivity index (χ1) is 4.81. The van der Waals surface area contributed by atoms with Crippen LogP contribution < -0.4 is 5.73 Å². The van der Waals surface area contributed by atoms with Crippen LogP contribution in [0.2, 0.25) is 0 Å². The molecule has 0 atom stereocenters. The van der Waals surface area contributed by atoms with Gasteiger partial charge in [0, 0.05) is 11.5 Å². The Labute approximate surface area is 57.6 Å². The maximum Gasteiger partial charge on any atom is 0.244 e. The molecule has 0 saturated heterocycles. The van der Waals surface area contributed by atoms with Gasteiger partial charge in [0.15, 0.2) is 0 Å². The molecule has 0 radical (unpaired) electrons. The van der Waals surface area contributed by atoms with Crippen molar-refractivity contribution in [3.63, 3.8) is 0 Å². The van der Waals surface area contributed by atoms with Crippen molar-refractivity contribution in [1.29, 1.82) is 0 Å². The molecule has 56 valence electrons. The Morgan fingerprint density at radius 2 is 2.50 bits per heavy atom. The fraction of sp³-hybridized carbons (Fsp3) is 0.750. The third-order valence-electron chi connectivity index (χ3n) is 0.644. The lowest BCUT2D eigenvalue weighted by Crippen LogP contribution is -2.12. The summed E-state index contributed by atoms with van der Waals surface area (Å²) in [6.45, 7) is 0.456. The van der Waals surface area contributed by atoms with Crippen LogP contribution in [0.5, 0.6) is 0 Å². The van der Waals surface area contributed by atoms with Gasteiger partial charge in [0.1, 0.15) is 6.61 Å². The molecule has 0 bridgehead atoms. The second-order valence-electron chi connectivity index (χ2n) is 1.42. The summed E-state index contributed by atoms with van der Waals surface area (Å²) in [5.41, 5.74) is 12.8. The van der Waals surface area contributed by atoms with Crippen LogP contribution in [-0.2, 0) is 9.53 Å². The molecule has 0 saturated carbocycles. The number of nitrogens with two attached hydrogens (primary N) is 1. The van der Waals surface area contributed by atoms with E-state index < -0.39 is 5.91 Å². The van der Waals surface area contributed by atoms with Crippen LogP contribution in [0.1, 0.15) is 0 Å². The summed E-state index contributed by atoms with van der Waals surface area (Å²) >= 11 is 0. The number of carbonyl (C=O) groups excluding carboxylic acids is 1. The standard InChI is InChI=1S/C4H8N4O2/c5-1-2-10-3-4(9)7-8-6/h1-3,5H2. The van der Waals surface area contributed by atoms with Gasteiger partial charge in [0.25, 0.3) is 0 Å². The molecule has 0 aliphatic carbocycles. The van der Waals surface area contributed by atoms with Crippen molar-refractivity contribution in [2.45, 2.75) is 0 Å². The van der Waals surface area contributed by atoms with Gasteiger partial charge in [-0.05, 0) is 10.6 Å². The summed E-state index contributed by atoms with van der Waals surface area (Å²) < 4.78 is 4.66. The molecule has 0 rings (SSSR count). The first-order valence-electron chi connectivity index (χ1n) is 2.67. The molecule has 1 amide bonds. The zero-order chi connectivity index (χ0) is 7.82. The molecule has 0 aromatic carbocycles. The number of hydrogen-bond donors (Lipinski definition) is 1. The highest BCUT2D eigenvalue weighted by atomic mass is 16.5. The fourth-order valence-electron chi connectivity index (χ4n) is 0.322. The van der Waals surface area contributed by atoms with Crippen LogP contribution in [0.4, 0.5) is 0 Å². The quantitative estimate of drug-likeness (QED) is 0.256. The number of nitrogens with zero attached hydrogens (tertiary/aromatic N) is 3. The summed E-state index contributed by atoms with van der Waals surface area (Å²) in [5, 5.41) is 2.77. The summed E-state index contributed by atoms with van der Waals surface area (Å²) in [6.07, 6.45) is 0. The van der Waals surface area contributed by atoms with Gasteiger partial charge < -0.3 is 10.5 Å². The Morgan fingerprint density at radius 3 is 3.00 bits per heavy atom. The smallest absolute Gasteiger partial charge is 0.244 e. The van der Waals surface area contributed by atoms with Gasteiger partial charge in [0.2, 0.25) is 5.91 Å². The average Bonchev–Trinajstić information content (AvgIpc) is 1.89. The predicted molar refractivity (Wildman–Crippen MR) is 34.0 cm³/mol. The highest BCUT2D eigenvalue weighted by molar-refractivity contribution is 5.77. The largest absolute Gasteiger partial charge is 0.372 e. The Balaban J connectivity index is 3.31. The van der Waals surface area contributed by atoms with Gasteiger partial charge in [-0.25, -0.2) is 0 Å². The third kappa shape index (κ3) is 5.04. The molecule has 2 N–H and O–H groups in total. The van der Waals surface area contributed by atoms with Crippen molar-refractivity contribution < 1.29 is 9.53 Å². The van der Waals surface area contributed by atoms with E-state index in [0.717, 1.165) is 0 Å². The SMILES string of the molecule is [N-]=[N+]=NC(=O)COCCN. The molecule has 0 aromatic rings. The van der Waals surface area contributed by atoms with Gasteiger partial charge in [-0.15, -0.1) is 0 Å². The summed E-state index contributed by atoms with van der Waals surface area (Å²) in [6, 6.07) is 0. The van der Waals surface area contributed by atoms with E-state index in [1.165, 1.54) is 0 Å². The summed E-state index contributed by atoms with van der Waals surface area (Å²) in [4.78, 5) is 12.6. The minimum absolute atomic E-state index is 0.193. The van der Waals surface area contributed by atoms with Gasteiger partial charge in [0.05, 0.1) is 6.61 Å². The van der Waals surface area contributed by atoms with Crippen LogP contribution >= 0.6 is 0 Å². The molecular formula is C4H8N4O2. The minimum Gasteiger partial charge on any atom is -0.372 e. The average molecular weight is 144 g/mol. The zero-order valence-corrected chi connectivity index (χ0v) is 5.36. The summed E-state index contributed by atoms with van der Waals surface area (Å²) in [5.74, 6) is -0.629. The Morgan fingerprint density at radius 1 is 1.80 bits per heavy atom. The molecule has 10 heavy (non-hydrogen) atoms. The molecule has 0 heterocycles. The number of amides is 1. The van der Waals surface area contributed by atoms with E-state index >= 15 is 0 Å². The number of ether oxygens (including phenoxy) is 1. The van der Waals surface area contributed by atoms with Crippen LogP contribution in [0.3, 0.4) is 0 Å². The van der Waals surface area contributed by atoms with Crippen LogP contribution in [0.25, 0.3) is 10.4 Å². The molecule has 6 nitrogen and oxygen atoms in total. The van der Waals surface area contributed by atoms with Crippen molar-refractivity contribution in [1.82, 2.24) is 0 Å². The van der Waals surface area contributed by atoms with Crippen LogP contribution in [0.15, 0.2) is 5.11 Å². The molecule has 0 aliphatic rings. The van der Waals surface area contributed by atoms with Crippen molar-refractivity contribution in [2.24, 2.45) is 10.8 Å². The van der Waals surface area contributed by atoms with E-state index in [9.17, 15) is 4.79 Å². The van der Waals surface area contributed by atoms with Crippen molar-refractivity contribution >= 4 is 5.91 Å². The second-order valence-corrected chi connectivity index (χ2v) is 1.42. The highest BCUT2D eigenvalue weighted by Crippen LogP contribution is 1.78. The van der Waals surface area contributed by atoms with Crippen molar-refractivity contribution in [3.05, 3.63) is 10.4 Å². The second kappa shape index (κ2) is 6.03. The van der Waals surface area contributed by atoms with Gasteiger partial charge >= 0.3 is 0 Å². The van der Waals surface area contributed by atoms with E-state index in [0.29, 0.717) is 13.2 Å². The van der Waals surface area contributed by atoms with Gasteiger partial charge in [-0.3, -0.25) is 4.79 Å². The molecule has 0 aromatic heterocycles. The van der Waals surface area contributed by atoms with E-state index in [2.05, 4.69) is 14.8 Å². The molecule has 0 unspecified atom stereocenters. The molecule has 6 heteroatoms. The Bertz CT molecular complexity index is 151. The Hall–Kier alpha value is -1.10. The zero-order valence-electron chi connectivity index (χ0n) is 5.36. The van der Waals surface area contributed by atoms with Crippen molar-refractivity contribution in [3.8, 4) is 0 Å². The molecule has 0 spiro atoms. The Kier molecular flexibility index (Phi) is 5.36. The maximum absolute atomic E-state index is 10.3. The monoisotopic (exact) mass is 144 g/mol. The van der Waals surface area contributed by atoms with E-state index in [4.69, 9.17) is 11.3 Å². The minimum atomic E-state index is -0.629. The molecular weight excluding hydrogens is 136 g/mol. The van der Waals surface area contributed by atoms with E-state index in [1.807, 2.05) is 0 Å². The first kappa shape index (κ1) is 8.90. The lowest BCUT2D eigenvalue weighted by molar-refractivity contribution is -0.122. The number of azide groups is 1. The van der Waals surface area contributed by atoms with Crippen LogP contribution in [0, 0.1) is 0 Å². The van der Waals surface area contributed by atoms with Crippen molar-refractivity contribution in [2.75, 3.05) is 19.8 Å². The van der Waals surface area contributed by atoms with Gasteiger partial charge in [-0.2, -0.15) is 0 Å². The lowest BCUT2D eigenvalue weighted by atomic mass is 10.6. The van der Waals surface area contributed by atoms with Crippen LogP contribution in [-0.4, -0.2) is 25.7 Å². The number of rotatable bonds is 4.